The van der Waals surface area contributed by atoms with E-state index in [1.807, 2.05) is 0 Å². The van der Waals surface area contributed by atoms with Gasteiger partial charge in [-0.2, -0.15) is 0 Å². The van der Waals surface area contributed by atoms with Crippen molar-refractivity contribution in [3.8, 4) is 0 Å². The van der Waals surface area contributed by atoms with Crippen molar-refractivity contribution in [2.45, 2.75) is 33.2 Å². The van der Waals surface area contributed by atoms with Crippen LogP contribution in [0, 0.1) is 11.3 Å². The van der Waals surface area contributed by atoms with Crippen LogP contribution in [0.3, 0.4) is 0 Å². The van der Waals surface area contributed by atoms with Gasteiger partial charge in [0.2, 0.25) is 0 Å². The summed E-state index contributed by atoms with van der Waals surface area (Å²) in [7, 11) is 4.35. The Morgan fingerprint density at radius 2 is 1.70 bits per heavy atom. The molecule has 2 atom stereocenters. The Morgan fingerprint density at radius 3 is 1.80 bits per heavy atom. The summed E-state index contributed by atoms with van der Waals surface area (Å²) in [6, 6.07) is 0.861. The van der Waals surface area contributed by atoms with Crippen LogP contribution >= 0.6 is 0 Å². The largest absolute Gasteiger partial charge is 0.306 e. The first-order valence-corrected chi connectivity index (χ1v) is 4.09. The highest BCUT2D eigenvalue weighted by atomic mass is 15.1. The van der Waals surface area contributed by atoms with Crippen molar-refractivity contribution in [1.29, 1.82) is 0 Å². The molecule has 1 fully saturated rings. The lowest BCUT2D eigenvalue weighted by atomic mass is 9.90. The quantitative estimate of drug-likeness (QED) is 0.539. The summed E-state index contributed by atoms with van der Waals surface area (Å²) in [5.74, 6) is 0.933. The molecule has 0 aromatic heterocycles. The predicted octanol–water partition coefficient (Wildman–Crippen LogP) is 1.98. The summed E-state index contributed by atoms with van der Waals surface area (Å²) >= 11 is 0. The number of rotatable bonds is 1. The minimum atomic E-state index is 0.523. The Bertz CT molecular complexity index is 121. The van der Waals surface area contributed by atoms with Gasteiger partial charge in [0.1, 0.15) is 0 Å². The maximum Gasteiger partial charge on any atom is 0.0126 e. The lowest BCUT2D eigenvalue weighted by molar-refractivity contribution is 0.282. The zero-order chi connectivity index (χ0) is 7.94. The van der Waals surface area contributed by atoms with Crippen molar-refractivity contribution in [2.75, 3.05) is 14.1 Å². The Morgan fingerprint density at radius 1 is 1.20 bits per heavy atom. The van der Waals surface area contributed by atoms with Gasteiger partial charge in [0.05, 0.1) is 0 Å². The Hall–Kier alpha value is -0.0400. The highest BCUT2D eigenvalue weighted by molar-refractivity contribution is 4.99. The first kappa shape index (κ1) is 8.06. The summed E-state index contributed by atoms with van der Waals surface area (Å²) < 4.78 is 0. The molecule has 1 aliphatic carbocycles. The fourth-order valence-corrected chi connectivity index (χ4v) is 1.68. The molecule has 0 aliphatic heterocycles. The summed E-state index contributed by atoms with van der Waals surface area (Å²) in [5, 5.41) is 0. The van der Waals surface area contributed by atoms with Crippen LogP contribution in [-0.4, -0.2) is 25.0 Å². The van der Waals surface area contributed by atoms with Crippen molar-refractivity contribution in [2.24, 2.45) is 11.3 Å². The highest BCUT2D eigenvalue weighted by Gasteiger charge is 2.46. The maximum absolute atomic E-state index is 2.34. The highest BCUT2D eigenvalue weighted by Crippen LogP contribution is 2.47. The minimum Gasteiger partial charge on any atom is -0.306 e. The number of nitrogens with zero attached hydrogens (tertiary/aromatic N) is 1. The van der Waals surface area contributed by atoms with Gasteiger partial charge in [-0.15, -0.1) is 0 Å². The Labute approximate surface area is 64.4 Å². The molecule has 1 nitrogen and oxygen atoms in total. The summed E-state index contributed by atoms with van der Waals surface area (Å²) in [6.07, 6.45) is 1.40. The SMILES string of the molecule is CN(C)C1CC1C(C)(C)C. The van der Waals surface area contributed by atoms with Gasteiger partial charge >= 0.3 is 0 Å². The standard InChI is InChI=1S/C9H19N/c1-9(2,3)7-6-8(7)10(4)5/h7-8H,6H2,1-5H3. The molecule has 0 aromatic rings. The number of hydrogen-bond donors (Lipinski definition) is 0. The summed E-state index contributed by atoms with van der Waals surface area (Å²) in [5.41, 5.74) is 0.523. The van der Waals surface area contributed by atoms with Crippen molar-refractivity contribution in [3.63, 3.8) is 0 Å². The molecule has 0 heterocycles. The van der Waals surface area contributed by atoms with Crippen LogP contribution in [0.5, 0.6) is 0 Å². The molecule has 0 spiro atoms. The van der Waals surface area contributed by atoms with Gasteiger partial charge in [-0.05, 0) is 31.8 Å². The molecule has 0 bridgehead atoms. The van der Waals surface area contributed by atoms with E-state index < -0.39 is 0 Å². The lowest BCUT2D eigenvalue weighted by Gasteiger charge is -2.20. The van der Waals surface area contributed by atoms with Crippen LogP contribution in [0.1, 0.15) is 27.2 Å². The molecule has 2 unspecified atom stereocenters. The molecule has 0 aromatic carbocycles. The molecule has 60 valence electrons. The van der Waals surface area contributed by atoms with Crippen LogP contribution < -0.4 is 0 Å². The molecule has 0 amide bonds. The fraction of sp³-hybridized carbons (Fsp3) is 1.00. The normalized spacial score (nSPS) is 33.0. The first-order chi connectivity index (χ1) is 4.43. The van der Waals surface area contributed by atoms with E-state index in [1.54, 1.807) is 0 Å². The molecular formula is C9H19N. The maximum atomic E-state index is 2.34. The Kier molecular flexibility index (Phi) is 1.80. The molecule has 0 N–H and O–H groups in total. The zero-order valence-corrected chi connectivity index (χ0v) is 7.81. The first-order valence-electron chi connectivity index (χ1n) is 4.09. The third kappa shape index (κ3) is 1.51. The van der Waals surface area contributed by atoms with Crippen molar-refractivity contribution in [1.82, 2.24) is 4.90 Å². The molecule has 1 rings (SSSR count). The average Bonchev–Trinajstić information content (AvgIpc) is 2.35. The fourth-order valence-electron chi connectivity index (χ4n) is 1.68. The molecule has 1 saturated carbocycles. The zero-order valence-electron chi connectivity index (χ0n) is 7.81. The summed E-state index contributed by atoms with van der Waals surface area (Å²) in [6.45, 7) is 7.00. The van der Waals surface area contributed by atoms with E-state index >= 15 is 0 Å². The average molecular weight is 141 g/mol. The van der Waals surface area contributed by atoms with Crippen molar-refractivity contribution < 1.29 is 0 Å². The van der Waals surface area contributed by atoms with Crippen LogP contribution in [0.15, 0.2) is 0 Å². The van der Waals surface area contributed by atoms with Crippen LogP contribution in [0.25, 0.3) is 0 Å². The molecule has 1 aliphatic rings. The van der Waals surface area contributed by atoms with E-state index in [2.05, 4.69) is 39.8 Å². The van der Waals surface area contributed by atoms with E-state index in [1.165, 1.54) is 6.42 Å². The predicted molar refractivity (Wildman–Crippen MR) is 45.0 cm³/mol. The van der Waals surface area contributed by atoms with E-state index in [9.17, 15) is 0 Å². The number of hydrogen-bond acceptors (Lipinski definition) is 1. The smallest absolute Gasteiger partial charge is 0.0126 e. The van der Waals surface area contributed by atoms with Crippen LogP contribution in [-0.2, 0) is 0 Å². The second-order valence-electron chi connectivity index (χ2n) is 4.74. The van der Waals surface area contributed by atoms with E-state index in [-0.39, 0.29) is 0 Å². The van der Waals surface area contributed by atoms with Gasteiger partial charge in [0, 0.05) is 6.04 Å². The molecular weight excluding hydrogens is 122 g/mol. The lowest BCUT2D eigenvalue weighted by Crippen LogP contribution is -2.21. The topological polar surface area (TPSA) is 3.24 Å². The van der Waals surface area contributed by atoms with Crippen LogP contribution in [0.4, 0.5) is 0 Å². The van der Waals surface area contributed by atoms with Crippen molar-refractivity contribution >= 4 is 0 Å². The van der Waals surface area contributed by atoms with Gasteiger partial charge in [-0.25, -0.2) is 0 Å². The third-order valence-corrected chi connectivity index (χ3v) is 2.53. The summed E-state index contributed by atoms with van der Waals surface area (Å²) in [4.78, 5) is 2.34. The molecule has 10 heavy (non-hydrogen) atoms. The second kappa shape index (κ2) is 2.23. The van der Waals surface area contributed by atoms with E-state index in [0.29, 0.717) is 5.41 Å². The monoisotopic (exact) mass is 141 g/mol. The van der Waals surface area contributed by atoms with E-state index in [4.69, 9.17) is 0 Å². The van der Waals surface area contributed by atoms with Gasteiger partial charge < -0.3 is 4.90 Å². The minimum absolute atomic E-state index is 0.523. The third-order valence-electron chi connectivity index (χ3n) is 2.53. The van der Waals surface area contributed by atoms with Gasteiger partial charge in [-0.1, -0.05) is 20.8 Å². The molecule has 1 heteroatoms. The molecule has 0 radical (unpaired) electrons. The Balaban J connectivity index is 2.39. The van der Waals surface area contributed by atoms with E-state index in [0.717, 1.165) is 12.0 Å². The van der Waals surface area contributed by atoms with Gasteiger partial charge in [-0.3, -0.25) is 0 Å². The second-order valence-corrected chi connectivity index (χ2v) is 4.74. The van der Waals surface area contributed by atoms with Crippen molar-refractivity contribution in [3.05, 3.63) is 0 Å². The van der Waals surface area contributed by atoms with Gasteiger partial charge in [0.25, 0.3) is 0 Å². The van der Waals surface area contributed by atoms with Crippen LogP contribution in [0.2, 0.25) is 0 Å². The van der Waals surface area contributed by atoms with Gasteiger partial charge in [0.15, 0.2) is 0 Å². The molecule has 0 saturated heterocycles.